The number of ether oxygens (including phenoxy) is 1. The summed E-state index contributed by atoms with van der Waals surface area (Å²) in [6.07, 6.45) is -0.541. The van der Waals surface area contributed by atoms with Crippen LogP contribution in [0.1, 0.15) is 5.56 Å². The van der Waals surface area contributed by atoms with E-state index in [2.05, 4.69) is 11.8 Å². The molecule has 0 bridgehead atoms. The van der Waals surface area contributed by atoms with Gasteiger partial charge in [0.2, 0.25) is 15.3 Å². The minimum absolute atomic E-state index is 0.272. The van der Waals surface area contributed by atoms with E-state index >= 15 is 0 Å². The second-order valence-electron chi connectivity index (χ2n) is 4.42. The summed E-state index contributed by atoms with van der Waals surface area (Å²) >= 11 is 0. The van der Waals surface area contributed by atoms with E-state index in [1.807, 2.05) is 30.3 Å². The van der Waals surface area contributed by atoms with Gasteiger partial charge in [0.25, 0.3) is 0 Å². The van der Waals surface area contributed by atoms with E-state index < -0.39 is 21.4 Å². The summed E-state index contributed by atoms with van der Waals surface area (Å²) in [6.45, 7) is 0. The summed E-state index contributed by atoms with van der Waals surface area (Å²) in [6, 6.07) is 17.7. The van der Waals surface area contributed by atoms with Crippen LogP contribution >= 0.6 is 0 Å². The van der Waals surface area contributed by atoms with Crippen molar-refractivity contribution in [3.8, 4) is 11.8 Å². The smallest absolute Gasteiger partial charge is 0.208 e. The second-order valence-corrected chi connectivity index (χ2v) is 6.44. The predicted molar refractivity (Wildman–Crippen MR) is 75.6 cm³/mol. The molecule has 2 aromatic rings. The van der Waals surface area contributed by atoms with Gasteiger partial charge in [0.1, 0.15) is 0 Å². The zero-order chi connectivity index (χ0) is 14.0. The Morgan fingerprint density at radius 1 is 0.900 bits per heavy atom. The first kappa shape index (κ1) is 12.9. The number of benzene rings is 2. The molecule has 100 valence electrons. The van der Waals surface area contributed by atoms with Crippen LogP contribution < -0.4 is 0 Å². The van der Waals surface area contributed by atoms with E-state index in [4.69, 9.17) is 4.74 Å². The monoisotopic (exact) mass is 284 g/mol. The lowest BCUT2D eigenvalue weighted by Gasteiger charge is -1.98. The van der Waals surface area contributed by atoms with Gasteiger partial charge in [0.05, 0.1) is 4.90 Å². The van der Waals surface area contributed by atoms with E-state index in [-0.39, 0.29) is 4.90 Å². The molecule has 0 amide bonds. The molecule has 1 heterocycles. The topological polar surface area (TPSA) is 46.7 Å². The summed E-state index contributed by atoms with van der Waals surface area (Å²) < 4.78 is 29.6. The van der Waals surface area contributed by atoms with Crippen molar-refractivity contribution in [2.45, 2.75) is 16.4 Å². The number of rotatable bonds is 2. The number of sulfone groups is 1. The zero-order valence-corrected chi connectivity index (χ0v) is 11.4. The largest absolute Gasteiger partial charge is 0.338 e. The number of hydrogen-bond donors (Lipinski definition) is 0. The van der Waals surface area contributed by atoms with Crippen molar-refractivity contribution in [1.29, 1.82) is 0 Å². The first-order valence-corrected chi connectivity index (χ1v) is 7.73. The van der Waals surface area contributed by atoms with Crippen molar-refractivity contribution in [3.05, 3.63) is 66.2 Å². The number of hydrogen-bond acceptors (Lipinski definition) is 3. The van der Waals surface area contributed by atoms with Gasteiger partial charge in [-0.25, -0.2) is 8.42 Å². The van der Waals surface area contributed by atoms with Crippen LogP contribution in [0.15, 0.2) is 65.6 Å². The standard InChI is InChI=1S/C16H12O3S/c17-20(18,14-9-5-2-6-10-14)16-15(19-16)12-11-13-7-3-1-4-8-13/h1-10,15-16H/t15-,16-/m1/s1. The van der Waals surface area contributed by atoms with Gasteiger partial charge >= 0.3 is 0 Å². The lowest BCUT2D eigenvalue weighted by molar-refractivity contribution is 0.423. The average Bonchev–Trinajstić information content (AvgIpc) is 3.28. The molecule has 0 N–H and O–H groups in total. The molecule has 0 radical (unpaired) electrons. The van der Waals surface area contributed by atoms with Crippen molar-refractivity contribution in [2.24, 2.45) is 0 Å². The Labute approximate surface area is 118 Å². The van der Waals surface area contributed by atoms with Crippen LogP contribution in [0.3, 0.4) is 0 Å². The van der Waals surface area contributed by atoms with Crippen molar-refractivity contribution >= 4 is 9.84 Å². The van der Waals surface area contributed by atoms with E-state index in [1.54, 1.807) is 30.3 Å². The molecule has 2 atom stereocenters. The minimum Gasteiger partial charge on any atom is -0.338 e. The van der Waals surface area contributed by atoms with Crippen LogP contribution in [0.25, 0.3) is 0 Å². The van der Waals surface area contributed by atoms with Crippen molar-refractivity contribution < 1.29 is 13.2 Å². The Balaban J connectivity index is 1.76. The maximum atomic E-state index is 12.2. The zero-order valence-electron chi connectivity index (χ0n) is 10.6. The summed E-state index contributed by atoms with van der Waals surface area (Å²) in [5.41, 5.74) is -0.0000266. The van der Waals surface area contributed by atoms with Gasteiger partial charge in [-0.2, -0.15) is 0 Å². The lowest BCUT2D eigenvalue weighted by Crippen LogP contribution is -2.10. The Kier molecular flexibility index (Phi) is 3.31. The summed E-state index contributed by atoms with van der Waals surface area (Å²) in [5.74, 6) is 5.77. The summed E-state index contributed by atoms with van der Waals surface area (Å²) in [7, 11) is -3.44. The van der Waals surface area contributed by atoms with Gasteiger partial charge in [-0.05, 0) is 24.3 Å². The average molecular weight is 284 g/mol. The van der Waals surface area contributed by atoms with Crippen LogP contribution in [-0.4, -0.2) is 20.0 Å². The highest BCUT2D eigenvalue weighted by Crippen LogP contribution is 2.32. The van der Waals surface area contributed by atoms with Gasteiger partial charge in [-0.1, -0.05) is 48.2 Å². The molecule has 3 nitrogen and oxygen atoms in total. The fourth-order valence-corrected chi connectivity index (χ4v) is 3.32. The maximum Gasteiger partial charge on any atom is 0.208 e. The summed E-state index contributed by atoms with van der Waals surface area (Å²) in [4.78, 5) is 0.272. The van der Waals surface area contributed by atoms with Crippen LogP contribution in [0, 0.1) is 11.8 Å². The molecule has 0 unspecified atom stereocenters. The molecule has 1 aliphatic heterocycles. The van der Waals surface area contributed by atoms with Gasteiger partial charge in [-0.3, -0.25) is 0 Å². The Hall–Kier alpha value is -2.09. The van der Waals surface area contributed by atoms with Gasteiger partial charge < -0.3 is 4.74 Å². The van der Waals surface area contributed by atoms with Crippen LogP contribution in [0.4, 0.5) is 0 Å². The third-order valence-corrected chi connectivity index (χ3v) is 4.86. The SMILES string of the molecule is O=S(=O)(c1ccccc1)[C@H]1O[C@@H]1C#Cc1ccccc1. The third kappa shape index (κ3) is 2.60. The highest BCUT2D eigenvalue weighted by atomic mass is 32.2. The fraction of sp³-hybridized carbons (Fsp3) is 0.125. The molecule has 1 saturated heterocycles. The molecule has 1 aliphatic rings. The Morgan fingerprint density at radius 3 is 2.15 bits per heavy atom. The second kappa shape index (κ2) is 5.12. The lowest BCUT2D eigenvalue weighted by atomic mass is 10.2. The fourth-order valence-electron chi connectivity index (χ4n) is 1.86. The van der Waals surface area contributed by atoms with Crippen LogP contribution in [0.5, 0.6) is 0 Å². The maximum absolute atomic E-state index is 12.2. The van der Waals surface area contributed by atoms with E-state index in [0.717, 1.165) is 5.56 Å². The Bertz CT molecular complexity index is 756. The molecule has 0 aliphatic carbocycles. The minimum atomic E-state index is -3.44. The first-order chi connectivity index (χ1) is 9.68. The molecule has 4 heteroatoms. The molecule has 2 aromatic carbocycles. The van der Waals surface area contributed by atoms with Crippen LogP contribution in [0.2, 0.25) is 0 Å². The summed E-state index contributed by atoms with van der Waals surface area (Å²) in [5, 5.41) is 0. The first-order valence-electron chi connectivity index (χ1n) is 6.19. The molecule has 0 saturated carbocycles. The quantitative estimate of drug-likeness (QED) is 0.627. The van der Waals surface area contributed by atoms with E-state index in [0.29, 0.717) is 0 Å². The highest BCUT2D eigenvalue weighted by molar-refractivity contribution is 7.92. The van der Waals surface area contributed by atoms with Crippen molar-refractivity contribution in [3.63, 3.8) is 0 Å². The van der Waals surface area contributed by atoms with Crippen molar-refractivity contribution in [2.75, 3.05) is 0 Å². The number of epoxide rings is 1. The van der Waals surface area contributed by atoms with Gasteiger partial charge in [0.15, 0.2) is 6.10 Å². The molecule has 0 spiro atoms. The van der Waals surface area contributed by atoms with Crippen molar-refractivity contribution in [1.82, 2.24) is 0 Å². The van der Waals surface area contributed by atoms with E-state index in [1.165, 1.54) is 0 Å². The molecule has 0 aromatic heterocycles. The Morgan fingerprint density at radius 2 is 1.50 bits per heavy atom. The van der Waals surface area contributed by atoms with E-state index in [9.17, 15) is 8.42 Å². The molecular weight excluding hydrogens is 272 g/mol. The van der Waals surface area contributed by atoms with Gasteiger partial charge in [-0.15, -0.1) is 0 Å². The molecule has 3 rings (SSSR count). The molecule has 20 heavy (non-hydrogen) atoms. The third-order valence-electron chi connectivity index (χ3n) is 2.96. The molecular formula is C16H12O3S. The van der Waals surface area contributed by atoms with Crippen LogP contribution in [-0.2, 0) is 14.6 Å². The normalized spacial score (nSPS) is 20.8. The predicted octanol–water partition coefficient (Wildman–Crippen LogP) is 2.24. The molecule has 1 fully saturated rings. The van der Waals surface area contributed by atoms with Gasteiger partial charge in [0, 0.05) is 5.56 Å². The highest BCUT2D eigenvalue weighted by Gasteiger charge is 2.49.